The number of aromatic nitrogens is 2. The highest BCUT2D eigenvalue weighted by atomic mass is 19.1. The smallest absolute Gasteiger partial charge is 0.335 e. The summed E-state index contributed by atoms with van der Waals surface area (Å²) in [4.78, 5) is 19.2. The van der Waals surface area contributed by atoms with Crippen LogP contribution in [0.4, 0.5) is 14.6 Å². The Morgan fingerprint density at radius 1 is 1.08 bits per heavy atom. The van der Waals surface area contributed by atoms with E-state index in [0.717, 1.165) is 12.1 Å². The molecule has 1 heterocycles. The van der Waals surface area contributed by atoms with Crippen molar-refractivity contribution < 1.29 is 18.7 Å². The van der Waals surface area contributed by atoms with Crippen LogP contribution in [0.25, 0.3) is 22.5 Å². The van der Waals surface area contributed by atoms with Crippen molar-refractivity contribution in [2.75, 3.05) is 5.73 Å². The summed E-state index contributed by atoms with van der Waals surface area (Å²) in [7, 11) is 0. The number of carboxylic acid groups (broad SMARTS) is 1. The summed E-state index contributed by atoms with van der Waals surface area (Å²) in [5.41, 5.74) is 7.04. The predicted molar refractivity (Wildman–Crippen MR) is 84.2 cm³/mol. The van der Waals surface area contributed by atoms with Crippen molar-refractivity contribution in [2.24, 2.45) is 0 Å². The summed E-state index contributed by atoms with van der Waals surface area (Å²) in [6, 6.07) is 9.03. The van der Waals surface area contributed by atoms with E-state index in [9.17, 15) is 13.6 Å². The lowest BCUT2D eigenvalue weighted by atomic mass is 10.1. The molecule has 3 rings (SSSR count). The number of hydrogen-bond acceptors (Lipinski definition) is 4. The highest BCUT2D eigenvalue weighted by molar-refractivity contribution is 5.88. The molecule has 0 spiro atoms. The van der Waals surface area contributed by atoms with Gasteiger partial charge in [0.25, 0.3) is 0 Å². The van der Waals surface area contributed by atoms with Crippen LogP contribution < -0.4 is 5.73 Å². The van der Waals surface area contributed by atoms with Crippen molar-refractivity contribution in [1.82, 2.24) is 9.97 Å². The lowest BCUT2D eigenvalue weighted by Crippen LogP contribution is -2.01. The lowest BCUT2D eigenvalue weighted by molar-refractivity contribution is 0.0697. The zero-order valence-corrected chi connectivity index (χ0v) is 12.2. The standard InChI is InChI=1S/C17H11F2N3O2/c18-11-5-6-12(13(19)7-11)14-8-21-16(20)15(22-14)9-1-3-10(4-2-9)17(23)24/h1-8H,(H2,20,21)(H,23,24). The third-order valence-electron chi connectivity index (χ3n) is 3.41. The molecule has 0 aliphatic rings. The third-order valence-corrected chi connectivity index (χ3v) is 3.41. The van der Waals surface area contributed by atoms with E-state index in [1.54, 1.807) is 0 Å². The Balaban J connectivity index is 2.07. The molecule has 3 N–H and O–H groups in total. The number of rotatable bonds is 3. The summed E-state index contributed by atoms with van der Waals surface area (Å²) >= 11 is 0. The van der Waals surface area contributed by atoms with Gasteiger partial charge in [0.1, 0.15) is 23.1 Å². The van der Waals surface area contributed by atoms with Gasteiger partial charge < -0.3 is 10.8 Å². The van der Waals surface area contributed by atoms with E-state index in [1.807, 2.05) is 0 Å². The molecule has 0 saturated carbocycles. The molecule has 2 aromatic carbocycles. The number of hydrogen-bond donors (Lipinski definition) is 2. The van der Waals surface area contributed by atoms with Gasteiger partial charge >= 0.3 is 5.97 Å². The van der Waals surface area contributed by atoms with E-state index < -0.39 is 17.6 Å². The molecule has 1 aromatic heterocycles. The van der Waals surface area contributed by atoms with Crippen LogP contribution in [-0.4, -0.2) is 21.0 Å². The minimum Gasteiger partial charge on any atom is -0.478 e. The number of nitrogens with zero attached hydrogens (tertiary/aromatic N) is 2. The second kappa shape index (κ2) is 6.04. The minimum atomic E-state index is -1.05. The van der Waals surface area contributed by atoms with Crippen LogP contribution in [0.5, 0.6) is 0 Å². The molecule has 0 saturated heterocycles. The van der Waals surface area contributed by atoms with E-state index in [2.05, 4.69) is 9.97 Å². The van der Waals surface area contributed by atoms with Gasteiger partial charge in [-0.2, -0.15) is 0 Å². The van der Waals surface area contributed by atoms with E-state index in [4.69, 9.17) is 10.8 Å². The number of carboxylic acids is 1. The first-order chi connectivity index (χ1) is 11.5. The fourth-order valence-electron chi connectivity index (χ4n) is 2.21. The van der Waals surface area contributed by atoms with Crippen LogP contribution >= 0.6 is 0 Å². The minimum absolute atomic E-state index is 0.0901. The first kappa shape index (κ1) is 15.5. The molecule has 7 heteroatoms. The summed E-state index contributed by atoms with van der Waals surface area (Å²) < 4.78 is 26.9. The molecule has 0 bridgehead atoms. The monoisotopic (exact) mass is 327 g/mol. The Morgan fingerprint density at radius 3 is 2.42 bits per heavy atom. The van der Waals surface area contributed by atoms with Crippen molar-refractivity contribution in [1.29, 1.82) is 0 Å². The van der Waals surface area contributed by atoms with Crippen molar-refractivity contribution in [3.63, 3.8) is 0 Å². The molecule has 0 fully saturated rings. The van der Waals surface area contributed by atoms with Crippen LogP contribution in [0.3, 0.4) is 0 Å². The summed E-state index contributed by atoms with van der Waals surface area (Å²) in [5.74, 6) is -2.39. The number of anilines is 1. The zero-order chi connectivity index (χ0) is 17.3. The van der Waals surface area contributed by atoms with Crippen molar-refractivity contribution in [3.8, 4) is 22.5 Å². The number of benzene rings is 2. The normalized spacial score (nSPS) is 10.6. The van der Waals surface area contributed by atoms with Gasteiger partial charge in [-0.15, -0.1) is 0 Å². The van der Waals surface area contributed by atoms with Gasteiger partial charge in [-0.3, -0.25) is 0 Å². The number of carbonyl (C=O) groups is 1. The van der Waals surface area contributed by atoms with E-state index in [1.165, 1.54) is 36.5 Å². The summed E-state index contributed by atoms with van der Waals surface area (Å²) in [6.45, 7) is 0. The summed E-state index contributed by atoms with van der Waals surface area (Å²) in [6.07, 6.45) is 1.29. The molecule has 5 nitrogen and oxygen atoms in total. The molecule has 24 heavy (non-hydrogen) atoms. The molecule has 0 unspecified atom stereocenters. The molecule has 0 aliphatic heterocycles. The second-order valence-corrected chi connectivity index (χ2v) is 5.00. The Hall–Kier alpha value is -3.35. The maximum atomic E-state index is 13.9. The molecule has 0 amide bonds. The highest BCUT2D eigenvalue weighted by Gasteiger charge is 2.13. The average Bonchev–Trinajstić information content (AvgIpc) is 2.56. The van der Waals surface area contributed by atoms with Gasteiger partial charge in [0.05, 0.1) is 17.5 Å². The Morgan fingerprint density at radius 2 is 1.79 bits per heavy atom. The van der Waals surface area contributed by atoms with Gasteiger partial charge in [0.15, 0.2) is 0 Å². The maximum Gasteiger partial charge on any atom is 0.335 e. The van der Waals surface area contributed by atoms with E-state index in [0.29, 0.717) is 5.56 Å². The van der Waals surface area contributed by atoms with Crippen LogP contribution in [0.2, 0.25) is 0 Å². The van der Waals surface area contributed by atoms with Crippen LogP contribution in [0.15, 0.2) is 48.7 Å². The van der Waals surface area contributed by atoms with Gasteiger partial charge in [-0.25, -0.2) is 23.5 Å². The largest absolute Gasteiger partial charge is 0.478 e. The predicted octanol–water partition coefficient (Wildman–Crippen LogP) is 3.37. The van der Waals surface area contributed by atoms with Crippen LogP contribution in [-0.2, 0) is 0 Å². The number of aromatic carboxylic acids is 1. The number of nitrogens with two attached hydrogens (primary N) is 1. The number of nitrogen functional groups attached to an aromatic ring is 1. The van der Waals surface area contributed by atoms with Crippen molar-refractivity contribution in [3.05, 3.63) is 65.9 Å². The maximum absolute atomic E-state index is 13.9. The number of halogens is 2. The molecule has 0 aliphatic carbocycles. The van der Waals surface area contributed by atoms with E-state index in [-0.39, 0.29) is 28.3 Å². The topological polar surface area (TPSA) is 89.1 Å². The van der Waals surface area contributed by atoms with Gasteiger partial charge in [0, 0.05) is 17.2 Å². The molecule has 0 radical (unpaired) electrons. The first-order valence-corrected chi connectivity index (χ1v) is 6.87. The Kier molecular flexibility index (Phi) is 3.91. The quantitative estimate of drug-likeness (QED) is 0.770. The van der Waals surface area contributed by atoms with Crippen molar-refractivity contribution in [2.45, 2.75) is 0 Å². The SMILES string of the molecule is Nc1ncc(-c2ccc(F)cc2F)nc1-c1ccc(C(=O)O)cc1. The fraction of sp³-hybridized carbons (Fsp3) is 0. The van der Waals surface area contributed by atoms with Gasteiger partial charge in [-0.05, 0) is 24.3 Å². The molecular formula is C17H11F2N3O2. The fourth-order valence-corrected chi connectivity index (χ4v) is 2.21. The van der Waals surface area contributed by atoms with Gasteiger partial charge in [-0.1, -0.05) is 12.1 Å². The first-order valence-electron chi connectivity index (χ1n) is 6.87. The zero-order valence-electron chi connectivity index (χ0n) is 12.2. The molecule has 120 valence electrons. The van der Waals surface area contributed by atoms with Gasteiger partial charge in [0.2, 0.25) is 0 Å². The van der Waals surface area contributed by atoms with Crippen LogP contribution in [0, 0.1) is 11.6 Å². The third kappa shape index (κ3) is 2.91. The average molecular weight is 327 g/mol. The summed E-state index contributed by atoms with van der Waals surface area (Å²) in [5, 5.41) is 8.92. The highest BCUT2D eigenvalue weighted by Crippen LogP contribution is 2.27. The lowest BCUT2D eigenvalue weighted by Gasteiger charge is -2.08. The Bertz CT molecular complexity index is 928. The van der Waals surface area contributed by atoms with E-state index >= 15 is 0 Å². The Labute approximate surface area is 135 Å². The van der Waals surface area contributed by atoms with Crippen molar-refractivity contribution >= 4 is 11.8 Å². The molecular weight excluding hydrogens is 316 g/mol. The molecule has 0 atom stereocenters. The second-order valence-electron chi connectivity index (χ2n) is 5.00. The van der Waals surface area contributed by atoms with Crippen LogP contribution in [0.1, 0.15) is 10.4 Å². The molecule has 3 aromatic rings.